The van der Waals surface area contributed by atoms with E-state index in [9.17, 15) is 18.0 Å². The number of nitrogens with zero attached hydrogens (tertiary/aromatic N) is 1. The number of hydrogen-bond acceptors (Lipinski definition) is 5. The topological polar surface area (TPSA) is 80.8 Å². The summed E-state index contributed by atoms with van der Waals surface area (Å²) in [5.74, 6) is -1.17. The molecular weight excluding hydrogens is 402 g/mol. The Morgan fingerprint density at radius 2 is 1.79 bits per heavy atom. The van der Waals surface area contributed by atoms with Crippen LogP contribution in [-0.4, -0.2) is 45.2 Å². The van der Waals surface area contributed by atoms with Crippen molar-refractivity contribution in [2.75, 3.05) is 20.7 Å². The average Bonchev–Trinajstić information content (AvgIpc) is 3.13. The van der Waals surface area contributed by atoms with E-state index in [2.05, 4.69) is 0 Å². The first kappa shape index (κ1) is 20.5. The van der Waals surface area contributed by atoms with Crippen molar-refractivity contribution >= 4 is 33.4 Å². The molecule has 0 spiro atoms. The molecule has 0 amide bonds. The normalized spacial score (nSPS) is 13.4. The first-order valence-electron chi connectivity index (χ1n) is 8.74. The molecule has 6 nitrogen and oxygen atoms in total. The van der Waals surface area contributed by atoms with E-state index in [0.29, 0.717) is 5.56 Å². The average molecular weight is 422 g/mol. The second-order valence-corrected chi connectivity index (χ2v) is 9.32. The molecule has 28 heavy (non-hydrogen) atoms. The number of Topliss-reactive ketones (excluding diaryl/α,β-unsaturated/α-hetero) is 1. The molecule has 8 heteroatoms. The van der Waals surface area contributed by atoms with Crippen LogP contribution in [0.2, 0.25) is 5.02 Å². The highest BCUT2D eigenvalue weighted by Crippen LogP contribution is 2.24. The minimum absolute atomic E-state index is 0.0488. The summed E-state index contributed by atoms with van der Waals surface area (Å²) >= 11 is 6.02. The van der Waals surface area contributed by atoms with Crippen molar-refractivity contribution in [1.29, 1.82) is 0 Å². The monoisotopic (exact) mass is 421 g/mol. The molecule has 1 aliphatic rings. The van der Waals surface area contributed by atoms with Gasteiger partial charge in [0.1, 0.15) is 0 Å². The Bertz CT molecular complexity index is 1050. The number of rotatable bonds is 6. The van der Waals surface area contributed by atoms with Crippen LogP contribution in [-0.2, 0) is 27.6 Å². The Balaban J connectivity index is 1.73. The molecule has 2 aromatic rings. The molecule has 1 aliphatic carbocycles. The fourth-order valence-corrected chi connectivity index (χ4v) is 4.19. The molecule has 0 unspecified atom stereocenters. The molecule has 148 valence electrons. The first-order chi connectivity index (χ1) is 13.2. The van der Waals surface area contributed by atoms with Gasteiger partial charge in [-0.25, -0.2) is 17.5 Å². The Hall–Kier alpha value is -2.22. The van der Waals surface area contributed by atoms with Crippen molar-refractivity contribution < 1.29 is 22.7 Å². The molecule has 0 aromatic heterocycles. The number of carbonyl (C=O) groups excluding carboxylic acids is 2. The summed E-state index contributed by atoms with van der Waals surface area (Å²) in [5.41, 5.74) is 2.79. The van der Waals surface area contributed by atoms with E-state index in [1.165, 1.54) is 31.8 Å². The fraction of sp³-hybridized carbons (Fsp3) is 0.300. The van der Waals surface area contributed by atoms with Gasteiger partial charge in [0.25, 0.3) is 0 Å². The zero-order chi connectivity index (χ0) is 20.5. The quantitative estimate of drug-likeness (QED) is 0.528. The van der Waals surface area contributed by atoms with Crippen molar-refractivity contribution in [1.82, 2.24) is 4.31 Å². The van der Waals surface area contributed by atoms with Gasteiger partial charge in [0.15, 0.2) is 12.4 Å². The van der Waals surface area contributed by atoms with Crippen molar-refractivity contribution in [3.8, 4) is 0 Å². The van der Waals surface area contributed by atoms with Gasteiger partial charge in [0.2, 0.25) is 10.0 Å². The maximum absolute atomic E-state index is 12.4. The van der Waals surface area contributed by atoms with Gasteiger partial charge in [-0.2, -0.15) is 0 Å². The van der Waals surface area contributed by atoms with E-state index in [-0.39, 0.29) is 21.3 Å². The number of halogens is 1. The lowest BCUT2D eigenvalue weighted by atomic mass is 10.0. The number of carbonyl (C=O) groups is 2. The lowest BCUT2D eigenvalue weighted by Gasteiger charge is -2.13. The largest absolute Gasteiger partial charge is 0.454 e. The van der Waals surface area contributed by atoms with Crippen LogP contribution in [0.15, 0.2) is 41.3 Å². The van der Waals surface area contributed by atoms with Gasteiger partial charge in [-0.3, -0.25) is 4.79 Å². The van der Waals surface area contributed by atoms with Crippen molar-refractivity contribution in [2.24, 2.45) is 0 Å². The number of fused-ring (bicyclic) bond motifs is 1. The van der Waals surface area contributed by atoms with Crippen LogP contribution in [0.3, 0.4) is 0 Å². The van der Waals surface area contributed by atoms with Crippen LogP contribution < -0.4 is 0 Å². The summed E-state index contributed by atoms with van der Waals surface area (Å²) in [5, 5.41) is 0.0488. The zero-order valence-electron chi connectivity index (χ0n) is 15.6. The SMILES string of the molecule is CN(C)S(=O)(=O)c1ccc(Cl)c(C(=O)OCC(=O)c2ccc3c(c2)CCC3)c1. The van der Waals surface area contributed by atoms with Gasteiger partial charge < -0.3 is 4.74 Å². The van der Waals surface area contributed by atoms with Crippen LogP contribution in [0.25, 0.3) is 0 Å². The van der Waals surface area contributed by atoms with E-state index >= 15 is 0 Å². The maximum Gasteiger partial charge on any atom is 0.340 e. The van der Waals surface area contributed by atoms with Gasteiger partial charge in [-0.1, -0.05) is 23.7 Å². The van der Waals surface area contributed by atoms with Gasteiger partial charge in [0, 0.05) is 19.7 Å². The third-order valence-electron chi connectivity index (χ3n) is 4.69. The summed E-state index contributed by atoms with van der Waals surface area (Å²) < 4.78 is 30.6. The van der Waals surface area contributed by atoms with Crippen LogP contribution in [0.5, 0.6) is 0 Å². The van der Waals surface area contributed by atoms with E-state index in [1.54, 1.807) is 6.07 Å². The Morgan fingerprint density at radius 3 is 2.50 bits per heavy atom. The van der Waals surface area contributed by atoms with Crippen LogP contribution >= 0.6 is 11.6 Å². The summed E-state index contributed by atoms with van der Waals surface area (Å²) in [6, 6.07) is 9.29. The molecule has 0 N–H and O–H groups in total. The lowest BCUT2D eigenvalue weighted by molar-refractivity contribution is 0.0474. The molecule has 0 fully saturated rings. The second kappa shape index (κ2) is 8.03. The number of sulfonamides is 1. The smallest absolute Gasteiger partial charge is 0.340 e. The van der Waals surface area contributed by atoms with Crippen molar-refractivity contribution in [3.63, 3.8) is 0 Å². The van der Waals surface area contributed by atoms with Crippen molar-refractivity contribution in [2.45, 2.75) is 24.2 Å². The summed E-state index contributed by atoms with van der Waals surface area (Å²) in [7, 11) is -0.958. The highest BCUT2D eigenvalue weighted by Gasteiger charge is 2.22. The molecule has 0 heterocycles. The maximum atomic E-state index is 12.4. The Labute approximate surface area is 169 Å². The molecular formula is C20H20ClNO5S. The fourth-order valence-electron chi connectivity index (χ4n) is 3.07. The van der Waals surface area contributed by atoms with E-state index in [1.807, 2.05) is 12.1 Å². The van der Waals surface area contributed by atoms with Crippen LogP contribution in [0.4, 0.5) is 0 Å². The first-order valence-corrected chi connectivity index (χ1v) is 10.6. The second-order valence-electron chi connectivity index (χ2n) is 6.77. The van der Waals surface area contributed by atoms with Crippen molar-refractivity contribution in [3.05, 3.63) is 63.7 Å². The molecule has 0 atom stereocenters. The number of ether oxygens (including phenoxy) is 1. The molecule has 3 rings (SSSR count). The highest BCUT2D eigenvalue weighted by molar-refractivity contribution is 7.89. The third-order valence-corrected chi connectivity index (χ3v) is 6.83. The highest BCUT2D eigenvalue weighted by atomic mass is 35.5. The van der Waals surface area contributed by atoms with Gasteiger partial charge >= 0.3 is 5.97 Å². The minimum atomic E-state index is -3.73. The molecule has 0 bridgehead atoms. The van der Waals surface area contributed by atoms with E-state index < -0.39 is 22.6 Å². The van der Waals surface area contributed by atoms with Crippen LogP contribution in [0, 0.1) is 0 Å². The summed E-state index contributed by atoms with van der Waals surface area (Å²) in [6.45, 7) is -0.446. The predicted octanol–water partition coefficient (Wildman–Crippen LogP) is 3.12. The standard InChI is InChI=1S/C20H20ClNO5S/c1-22(2)28(25,26)16-8-9-18(21)17(11-16)20(24)27-12-19(23)15-7-6-13-4-3-5-14(13)10-15/h6-11H,3-5,12H2,1-2H3. The number of aryl methyl sites for hydroxylation is 2. The molecule has 0 radical (unpaired) electrons. The Kier molecular flexibility index (Phi) is 5.88. The zero-order valence-corrected chi connectivity index (χ0v) is 17.1. The lowest BCUT2D eigenvalue weighted by Crippen LogP contribution is -2.22. The molecule has 0 aliphatic heterocycles. The number of hydrogen-bond donors (Lipinski definition) is 0. The van der Waals surface area contributed by atoms with Gasteiger partial charge in [-0.05, 0) is 54.7 Å². The minimum Gasteiger partial charge on any atom is -0.454 e. The molecule has 2 aromatic carbocycles. The molecule has 0 saturated heterocycles. The van der Waals surface area contributed by atoms with E-state index in [4.69, 9.17) is 16.3 Å². The number of benzene rings is 2. The number of ketones is 1. The van der Waals surface area contributed by atoms with Gasteiger partial charge in [-0.15, -0.1) is 0 Å². The third kappa shape index (κ3) is 4.11. The summed E-state index contributed by atoms with van der Waals surface area (Å²) in [6.07, 6.45) is 3.04. The predicted molar refractivity (Wildman–Crippen MR) is 105 cm³/mol. The van der Waals surface area contributed by atoms with Crippen LogP contribution in [0.1, 0.15) is 38.3 Å². The van der Waals surface area contributed by atoms with Gasteiger partial charge in [0.05, 0.1) is 15.5 Å². The molecule has 0 saturated carbocycles. The number of esters is 1. The Morgan fingerprint density at radius 1 is 1.07 bits per heavy atom. The summed E-state index contributed by atoms with van der Waals surface area (Å²) in [4.78, 5) is 24.7. The van der Waals surface area contributed by atoms with E-state index in [0.717, 1.165) is 35.2 Å².